The van der Waals surface area contributed by atoms with Crippen molar-refractivity contribution in [3.63, 3.8) is 0 Å². The van der Waals surface area contributed by atoms with Gasteiger partial charge in [-0.2, -0.15) is 5.10 Å². The summed E-state index contributed by atoms with van der Waals surface area (Å²) in [5, 5.41) is 7.18. The fourth-order valence-electron chi connectivity index (χ4n) is 2.95. The first kappa shape index (κ1) is 13.6. The summed E-state index contributed by atoms with van der Waals surface area (Å²) in [6, 6.07) is 0. The second-order valence-corrected chi connectivity index (χ2v) is 5.54. The first-order chi connectivity index (χ1) is 9.60. The predicted molar refractivity (Wildman–Crippen MR) is 72.6 cm³/mol. The molecule has 1 fully saturated rings. The molecule has 110 valence electrons. The Kier molecular flexibility index (Phi) is 3.52. The molecular formula is C14H21N3O3. The second kappa shape index (κ2) is 5.18. The van der Waals surface area contributed by atoms with Gasteiger partial charge in [0.05, 0.1) is 24.0 Å². The van der Waals surface area contributed by atoms with Crippen LogP contribution in [0.2, 0.25) is 0 Å². The van der Waals surface area contributed by atoms with Crippen LogP contribution < -0.4 is 0 Å². The van der Waals surface area contributed by atoms with Crippen molar-refractivity contribution in [2.45, 2.75) is 45.5 Å². The van der Waals surface area contributed by atoms with Crippen molar-refractivity contribution in [2.24, 2.45) is 0 Å². The van der Waals surface area contributed by atoms with E-state index in [2.05, 4.69) is 10.2 Å². The van der Waals surface area contributed by atoms with Gasteiger partial charge in [-0.3, -0.25) is 9.89 Å². The molecule has 0 aliphatic carbocycles. The quantitative estimate of drug-likeness (QED) is 0.905. The van der Waals surface area contributed by atoms with Gasteiger partial charge in [-0.1, -0.05) is 0 Å². The van der Waals surface area contributed by atoms with Crippen LogP contribution in [0.3, 0.4) is 0 Å². The summed E-state index contributed by atoms with van der Waals surface area (Å²) in [4.78, 5) is 14.3. The highest BCUT2D eigenvalue weighted by Gasteiger charge is 2.36. The zero-order chi connectivity index (χ0) is 14.3. The number of aromatic amines is 1. The summed E-state index contributed by atoms with van der Waals surface area (Å²) in [5.41, 5.74) is 2.51. The van der Waals surface area contributed by atoms with Gasteiger partial charge in [0.1, 0.15) is 0 Å². The molecule has 0 spiro atoms. The molecular weight excluding hydrogens is 258 g/mol. The fourth-order valence-corrected chi connectivity index (χ4v) is 2.95. The second-order valence-electron chi connectivity index (χ2n) is 5.54. The SMILES string of the molecule is CCOC1CN(C(=O)c2n[nH]c3c2C[C@H](C)O[C@@H]3C)C1. The average Bonchev–Trinajstić information content (AvgIpc) is 2.76. The van der Waals surface area contributed by atoms with Crippen molar-refractivity contribution in [1.82, 2.24) is 15.1 Å². The van der Waals surface area contributed by atoms with E-state index >= 15 is 0 Å². The largest absolute Gasteiger partial charge is 0.375 e. The number of fused-ring (bicyclic) bond motifs is 1. The number of rotatable bonds is 3. The highest BCUT2D eigenvalue weighted by molar-refractivity contribution is 5.94. The molecule has 1 amide bonds. The van der Waals surface area contributed by atoms with Crippen LogP contribution in [0, 0.1) is 0 Å². The molecule has 0 saturated carbocycles. The summed E-state index contributed by atoms with van der Waals surface area (Å²) in [6.45, 7) is 7.99. The molecule has 6 heteroatoms. The Balaban J connectivity index is 1.74. The number of nitrogens with one attached hydrogen (secondary N) is 1. The van der Waals surface area contributed by atoms with E-state index < -0.39 is 0 Å². The number of aromatic nitrogens is 2. The van der Waals surface area contributed by atoms with Crippen molar-refractivity contribution in [3.05, 3.63) is 17.0 Å². The van der Waals surface area contributed by atoms with Crippen LogP contribution in [0.15, 0.2) is 0 Å². The van der Waals surface area contributed by atoms with Gasteiger partial charge in [-0.15, -0.1) is 0 Å². The maximum absolute atomic E-state index is 12.5. The van der Waals surface area contributed by atoms with Gasteiger partial charge in [0, 0.05) is 31.7 Å². The van der Waals surface area contributed by atoms with E-state index in [1.165, 1.54) is 0 Å². The number of H-pyrrole nitrogens is 1. The smallest absolute Gasteiger partial charge is 0.274 e. The maximum atomic E-state index is 12.5. The lowest BCUT2D eigenvalue weighted by atomic mass is 9.98. The molecule has 1 N–H and O–H groups in total. The monoisotopic (exact) mass is 279 g/mol. The lowest BCUT2D eigenvalue weighted by Gasteiger charge is -2.38. The Morgan fingerprint density at radius 1 is 1.50 bits per heavy atom. The lowest BCUT2D eigenvalue weighted by molar-refractivity contribution is -0.0382. The highest BCUT2D eigenvalue weighted by atomic mass is 16.5. The van der Waals surface area contributed by atoms with Crippen LogP contribution in [0.1, 0.15) is 48.6 Å². The Morgan fingerprint density at radius 3 is 2.95 bits per heavy atom. The average molecular weight is 279 g/mol. The highest BCUT2D eigenvalue weighted by Crippen LogP contribution is 2.31. The standard InChI is InChI=1S/C14H21N3O3/c1-4-19-10-6-17(7-10)14(18)13-11-5-8(2)20-9(3)12(11)15-16-13/h8-10H,4-7H2,1-3H3,(H,15,16)/t8-,9+/m0/s1. The van der Waals surface area contributed by atoms with Gasteiger partial charge < -0.3 is 14.4 Å². The van der Waals surface area contributed by atoms with Crippen LogP contribution in [0.25, 0.3) is 0 Å². The molecule has 0 bridgehead atoms. The zero-order valence-electron chi connectivity index (χ0n) is 12.2. The van der Waals surface area contributed by atoms with E-state index in [0.717, 1.165) is 17.7 Å². The zero-order valence-corrected chi connectivity index (χ0v) is 12.2. The van der Waals surface area contributed by atoms with E-state index in [9.17, 15) is 4.79 Å². The van der Waals surface area contributed by atoms with Crippen molar-refractivity contribution in [2.75, 3.05) is 19.7 Å². The molecule has 2 aliphatic heterocycles. The van der Waals surface area contributed by atoms with Gasteiger partial charge in [0.2, 0.25) is 0 Å². The molecule has 1 aromatic heterocycles. The minimum atomic E-state index is -0.0321. The third-order valence-electron chi connectivity index (χ3n) is 3.97. The summed E-state index contributed by atoms with van der Waals surface area (Å²) >= 11 is 0. The van der Waals surface area contributed by atoms with Crippen LogP contribution >= 0.6 is 0 Å². The van der Waals surface area contributed by atoms with Gasteiger partial charge in [0.15, 0.2) is 5.69 Å². The van der Waals surface area contributed by atoms with E-state index in [4.69, 9.17) is 9.47 Å². The summed E-state index contributed by atoms with van der Waals surface area (Å²) in [5.74, 6) is -0.000229. The van der Waals surface area contributed by atoms with Crippen LogP contribution in [-0.4, -0.2) is 52.9 Å². The normalized spacial score (nSPS) is 26.2. The van der Waals surface area contributed by atoms with Crippen LogP contribution in [-0.2, 0) is 15.9 Å². The number of hydrogen-bond donors (Lipinski definition) is 1. The van der Waals surface area contributed by atoms with Crippen molar-refractivity contribution in [3.8, 4) is 0 Å². The Labute approximate surface area is 118 Å². The summed E-state index contributed by atoms with van der Waals surface area (Å²) < 4.78 is 11.2. The molecule has 3 rings (SSSR count). The number of likely N-dealkylation sites (tertiary alicyclic amines) is 1. The lowest BCUT2D eigenvalue weighted by Crippen LogP contribution is -2.55. The van der Waals surface area contributed by atoms with Crippen LogP contribution in [0.4, 0.5) is 0 Å². The van der Waals surface area contributed by atoms with Gasteiger partial charge in [0.25, 0.3) is 5.91 Å². The van der Waals surface area contributed by atoms with E-state index in [-0.39, 0.29) is 24.2 Å². The van der Waals surface area contributed by atoms with Gasteiger partial charge in [-0.05, 0) is 20.8 Å². The first-order valence-corrected chi connectivity index (χ1v) is 7.23. The number of carbonyl (C=O) groups is 1. The van der Waals surface area contributed by atoms with E-state index in [1.54, 1.807) is 4.90 Å². The molecule has 0 unspecified atom stereocenters. The van der Waals surface area contributed by atoms with Gasteiger partial charge >= 0.3 is 0 Å². The molecule has 2 atom stereocenters. The number of hydrogen-bond acceptors (Lipinski definition) is 4. The van der Waals surface area contributed by atoms with Crippen LogP contribution in [0.5, 0.6) is 0 Å². The molecule has 1 saturated heterocycles. The Hall–Kier alpha value is -1.40. The third-order valence-corrected chi connectivity index (χ3v) is 3.97. The maximum Gasteiger partial charge on any atom is 0.274 e. The first-order valence-electron chi connectivity index (χ1n) is 7.23. The minimum absolute atomic E-state index is 0.000229. The summed E-state index contributed by atoms with van der Waals surface area (Å²) in [7, 11) is 0. The van der Waals surface area contributed by atoms with Crippen molar-refractivity contribution >= 4 is 5.91 Å². The van der Waals surface area contributed by atoms with Crippen molar-refractivity contribution < 1.29 is 14.3 Å². The molecule has 20 heavy (non-hydrogen) atoms. The molecule has 1 aromatic rings. The predicted octanol–water partition coefficient (Wildman–Crippen LogP) is 1.29. The van der Waals surface area contributed by atoms with E-state index in [0.29, 0.717) is 25.4 Å². The number of carbonyl (C=O) groups excluding carboxylic acids is 1. The van der Waals surface area contributed by atoms with E-state index in [1.807, 2.05) is 20.8 Å². The topological polar surface area (TPSA) is 67.5 Å². The minimum Gasteiger partial charge on any atom is -0.375 e. The van der Waals surface area contributed by atoms with Gasteiger partial charge in [-0.25, -0.2) is 0 Å². The van der Waals surface area contributed by atoms with Crippen molar-refractivity contribution in [1.29, 1.82) is 0 Å². The molecule has 0 radical (unpaired) electrons. The fraction of sp³-hybridized carbons (Fsp3) is 0.714. The third kappa shape index (κ3) is 2.23. The summed E-state index contributed by atoms with van der Waals surface area (Å²) in [6.07, 6.45) is 1.00. The number of amides is 1. The molecule has 0 aromatic carbocycles. The number of ether oxygens (including phenoxy) is 2. The molecule has 6 nitrogen and oxygen atoms in total. The number of nitrogens with zero attached hydrogens (tertiary/aromatic N) is 2. The molecule has 2 aliphatic rings. The molecule has 3 heterocycles. The Bertz CT molecular complexity index is 508. The Morgan fingerprint density at radius 2 is 2.25 bits per heavy atom.